The quantitative estimate of drug-likeness (QED) is 0.535. The first-order chi connectivity index (χ1) is 17.0. The highest BCUT2D eigenvalue weighted by Crippen LogP contribution is 2.33. The van der Waals surface area contributed by atoms with E-state index in [1.54, 1.807) is 14.2 Å². The zero-order valence-corrected chi connectivity index (χ0v) is 20.8. The minimum absolute atomic E-state index is 0.0344. The van der Waals surface area contributed by atoms with Gasteiger partial charge in [0.05, 0.1) is 31.0 Å². The largest absolute Gasteiger partial charge is 0.493 e. The van der Waals surface area contributed by atoms with E-state index in [-0.39, 0.29) is 11.9 Å². The number of methoxy groups -OCH3 is 2. The molecule has 0 aliphatic carbocycles. The fourth-order valence-corrected chi connectivity index (χ4v) is 4.46. The highest BCUT2D eigenvalue weighted by molar-refractivity contribution is 6.07. The number of hydrogen-bond acceptors (Lipinski definition) is 5. The van der Waals surface area contributed by atoms with Gasteiger partial charge in [-0.05, 0) is 44.2 Å². The molecule has 2 heterocycles. The maximum absolute atomic E-state index is 13.7. The van der Waals surface area contributed by atoms with Crippen molar-refractivity contribution in [3.05, 3.63) is 54.1 Å². The normalized spacial score (nSPS) is 13.6. The molecule has 184 valence electrons. The smallest absolute Gasteiger partial charge is 0.320 e. The molecular formula is C27H32N4O4. The lowest BCUT2D eigenvalue weighted by molar-refractivity contribution is 0.0643. The van der Waals surface area contributed by atoms with Gasteiger partial charge >= 0.3 is 6.03 Å². The van der Waals surface area contributed by atoms with Crippen molar-refractivity contribution >= 4 is 22.8 Å². The van der Waals surface area contributed by atoms with E-state index >= 15 is 0 Å². The van der Waals surface area contributed by atoms with Gasteiger partial charge < -0.3 is 24.2 Å². The Balaban J connectivity index is 1.63. The average Bonchev–Trinajstić information content (AvgIpc) is 2.92. The number of rotatable bonds is 6. The number of nitrogens with zero attached hydrogens (tertiary/aromatic N) is 4. The van der Waals surface area contributed by atoms with E-state index in [1.165, 1.54) is 0 Å². The first-order valence-corrected chi connectivity index (χ1v) is 12.0. The van der Waals surface area contributed by atoms with Gasteiger partial charge in [-0.3, -0.25) is 4.79 Å². The van der Waals surface area contributed by atoms with Crippen LogP contribution in [-0.4, -0.2) is 85.1 Å². The lowest BCUT2D eigenvalue weighted by Crippen LogP contribution is -2.54. The maximum Gasteiger partial charge on any atom is 0.320 e. The van der Waals surface area contributed by atoms with Crippen molar-refractivity contribution in [3.8, 4) is 22.8 Å². The molecule has 0 bridgehead atoms. The van der Waals surface area contributed by atoms with Crippen LogP contribution in [0.3, 0.4) is 0 Å². The monoisotopic (exact) mass is 476 g/mol. The summed E-state index contributed by atoms with van der Waals surface area (Å²) in [4.78, 5) is 36.7. The molecule has 35 heavy (non-hydrogen) atoms. The summed E-state index contributed by atoms with van der Waals surface area (Å²) in [6.45, 7) is 7.34. The number of carbonyl (C=O) groups excluding carboxylic acids is 2. The Bertz CT molecular complexity index is 1220. The highest BCUT2D eigenvalue weighted by Gasteiger charge is 2.28. The Hall–Kier alpha value is -3.81. The molecule has 1 aromatic heterocycles. The van der Waals surface area contributed by atoms with Crippen molar-refractivity contribution in [1.29, 1.82) is 0 Å². The van der Waals surface area contributed by atoms with Crippen LogP contribution < -0.4 is 9.47 Å². The minimum Gasteiger partial charge on any atom is -0.493 e. The van der Waals surface area contributed by atoms with Crippen LogP contribution in [0.15, 0.2) is 48.5 Å². The van der Waals surface area contributed by atoms with Gasteiger partial charge in [0.1, 0.15) is 0 Å². The van der Waals surface area contributed by atoms with Crippen LogP contribution in [0.1, 0.15) is 24.2 Å². The summed E-state index contributed by atoms with van der Waals surface area (Å²) in [5.41, 5.74) is 2.86. The third kappa shape index (κ3) is 4.87. The highest BCUT2D eigenvalue weighted by atomic mass is 16.5. The minimum atomic E-state index is -0.0553. The van der Waals surface area contributed by atoms with Crippen molar-refractivity contribution in [3.63, 3.8) is 0 Å². The van der Waals surface area contributed by atoms with Crippen molar-refractivity contribution in [2.45, 2.75) is 13.8 Å². The molecule has 8 heteroatoms. The van der Waals surface area contributed by atoms with Gasteiger partial charge in [0.25, 0.3) is 5.91 Å². The molecule has 0 radical (unpaired) electrons. The molecular weight excluding hydrogens is 444 g/mol. The van der Waals surface area contributed by atoms with Gasteiger partial charge in [-0.1, -0.05) is 18.2 Å². The number of ether oxygens (including phenoxy) is 2. The van der Waals surface area contributed by atoms with Gasteiger partial charge in [0.15, 0.2) is 11.5 Å². The topological polar surface area (TPSA) is 75.2 Å². The summed E-state index contributed by atoms with van der Waals surface area (Å²) in [6.07, 6.45) is 0. The van der Waals surface area contributed by atoms with Gasteiger partial charge in [-0.2, -0.15) is 0 Å². The van der Waals surface area contributed by atoms with Gasteiger partial charge in [-0.15, -0.1) is 0 Å². The average molecular weight is 477 g/mol. The van der Waals surface area contributed by atoms with E-state index in [4.69, 9.17) is 14.5 Å². The lowest BCUT2D eigenvalue weighted by Gasteiger charge is -2.37. The summed E-state index contributed by atoms with van der Waals surface area (Å²) >= 11 is 0. The van der Waals surface area contributed by atoms with Gasteiger partial charge in [0.2, 0.25) is 0 Å². The third-order valence-electron chi connectivity index (χ3n) is 6.50. The Morgan fingerprint density at radius 1 is 0.886 bits per heavy atom. The molecule has 1 saturated heterocycles. The van der Waals surface area contributed by atoms with E-state index in [0.717, 1.165) is 16.5 Å². The van der Waals surface area contributed by atoms with Crippen molar-refractivity contribution < 1.29 is 19.1 Å². The van der Waals surface area contributed by atoms with Crippen molar-refractivity contribution in [1.82, 2.24) is 19.7 Å². The second kappa shape index (κ2) is 10.6. The van der Waals surface area contributed by atoms with Crippen LogP contribution in [0.5, 0.6) is 11.5 Å². The molecule has 0 unspecified atom stereocenters. The zero-order chi connectivity index (χ0) is 24.9. The lowest BCUT2D eigenvalue weighted by atomic mass is 10.0. The standard InChI is InChI=1S/C27H32N4O4/c1-5-29(6-2)27(33)31-15-13-30(14-16-31)26(32)21-18-23(28-22-10-8-7-9-20(21)22)19-11-12-24(34-3)25(17-19)35-4/h7-12,17-18H,5-6,13-16H2,1-4H3. The summed E-state index contributed by atoms with van der Waals surface area (Å²) in [7, 11) is 3.19. The van der Waals surface area contributed by atoms with Crippen LogP contribution in [0.2, 0.25) is 0 Å². The predicted molar refractivity (Wildman–Crippen MR) is 136 cm³/mol. The number of aromatic nitrogens is 1. The fraction of sp³-hybridized carbons (Fsp3) is 0.370. The van der Waals surface area contributed by atoms with Crippen LogP contribution in [0.25, 0.3) is 22.2 Å². The zero-order valence-electron chi connectivity index (χ0n) is 20.8. The molecule has 3 aromatic rings. The van der Waals surface area contributed by atoms with E-state index in [9.17, 15) is 9.59 Å². The van der Waals surface area contributed by atoms with Crippen LogP contribution in [0.4, 0.5) is 4.79 Å². The number of para-hydroxylation sites is 1. The van der Waals surface area contributed by atoms with E-state index < -0.39 is 0 Å². The number of benzene rings is 2. The second-order valence-electron chi connectivity index (χ2n) is 8.38. The summed E-state index contributed by atoms with van der Waals surface area (Å²) in [6, 6.07) is 15.2. The summed E-state index contributed by atoms with van der Waals surface area (Å²) in [5.74, 6) is 1.17. The number of hydrogen-bond donors (Lipinski definition) is 0. The molecule has 0 atom stereocenters. The Morgan fingerprint density at radius 3 is 2.20 bits per heavy atom. The first-order valence-electron chi connectivity index (χ1n) is 12.0. The van der Waals surface area contributed by atoms with Gasteiger partial charge in [0, 0.05) is 50.2 Å². The molecule has 0 saturated carbocycles. The Morgan fingerprint density at radius 2 is 1.54 bits per heavy atom. The molecule has 1 aliphatic rings. The molecule has 2 aromatic carbocycles. The molecule has 4 rings (SSSR count). The number of fused-ring (bicyclic) bond motifs is 1. The predicted octanol–water partition coefficient (Wildman–Crippen LogP) is 4.14. The van der Waals surface area contributed by atoms with Crippen molar-refractivity contribution in [2.75, 3.05) is 53.5 Å². The Kier molecular flexibility index (Phi) is 7.39. The van der Waals surface area contributed by atoms with Crippen molar-refractivity contribution in [2.24, 2.45) is 0 Å². The second-order valence-corrected chi connectivity index (χ2v) is 8.38. The summed E-state index contributed by atoms with van der Waals surface area (Å²) in [5, 5.41) is 0.809. The van der Waals surface area contributed by atoms with Crippen LogP contribution >= 0.6 is 0 Å². The number of carbonyl (C=O) groups is 2. The molecule has 0 spiro atoms. The number of urea groups is 1. The van der Waals surface area contributed by atoms with Crippen LogP contribution in [-0.2, 0) is 0 Å². The molecule has 1 fully saturated rings. The number of piperazine rings is 1. The maximum atomic E-state index is 13.7. The Labute approximate surface area is 206 Å². The first kappa shape index (κ1) is 24.3. The third-order valence-corrected chi connectivity index (χ3v) is 6.50. The van der Waals surface area contributed by atoms with Crippen LogP contribution in [0, 0.1) is 0 Å². The van der Waals surface area contributed by atoms with E-state index in [1.807, 2.05) is 77.1 Å². The number of pyridine rings is 1. The SMILES string of the molecule is CCN(CC)C(=O)N1CCN(C(=O)c2cc(-c3ccc(OC)c(OC)c3)nc3ccccc23)CC1. The molecule has 8 nitrogen and oxygen atoms in total. The molecule has 3 amide bonds. The fourth-order valence-electron chi connectivity index (χ4n) is 4.46. The van der Waals surface area contributed by atoms with E-state index in [0.29, 0.717) is 62.0 Å². The number of amides is 3. The molecule has 0 N–H and O–H groups in total. The summed E-state index contributed by atoms with van der Waals surface area (Å²) < 4.78 is 10.8. The van der Waals surface area contributed by atoms with E-state index in [2.05, 4.69) is 0 Å². The molecule has 1 aliphatic heterocycles. The van der Waals surface area contributed by atoms with Gasteiger partial charge in [-0.25, -0.2) is 9.78 Å².